The van der Waals surface area contributed by atoms with E-state index in [0.717, 1.165) is 5.56 Å². The van der Waals surface area contributed by atoms with Crippen LogP contribution in [0.15, 0.2) is 59.8 Å². The molecule has 0 saturated carbocycles. The predicted octanol–water partition coefficient (Wildman–Crippen LogP) is 4.69. The highest BCUT2D eigenvalue weighted by atomic mass is 35.5. The summed E-state index contributed by atoms with van der Waals surface area (Å²) in [5, 5.41) is 5.12. The molecule has 3 aromatic rings. The Morgan fingerprint density at radius 3 is 2.56 bits per heavy atom. The number of nitrogens with one attached hydrogen (secondary N) is 1. The first kappa shape index (κ1) is 18.1. The molecule has 0 saturated heterocycles. The summed E-state index contributed by atoms with van der Waals surface area (Å²) in [4.78, 5) is -0.0967. The van der Waals surface area contributed by atoms with Crippen molar-refractivity contribution in [1.82, 2.24) is 9.78 Å². The highest BCUT2D eigenvalue weighted by molar-refractivity contribution is 7.92. The molecule has 0 fully saturated rings. The molecule has 2 aromatic carbocycles. The number of halogens is 3. The van der Waals surface area contributed by atoms with Gasteiger partial charge in [-0.25, -0.2) is 8.42 Å². The van der Waals surface area contributed by atoms with E-state index in [4.69, 9.17) is 34.8 Å². The van der Waals surface area contributed by atoms with Gasteiger partial charge in [0.25, 0.3) is 10.0 Å². The van der Waals surface area contributed by atoms with Gasteiger partial charge in [-0.15, -0.1) is 0 Å². The van der Waals surface area contributed by atoms with Crippen LogP contribution < -0.4 is 4.72 Å². The number of nitrogens with zero attached hydrogens (tertiary/aromatic N) is 2. The van der Waals surface area contributed by atoms with Crippen LogP contribution in [0.4, 0.5) is 5.69 Å². The molecule has 0 aliphatic rings. The van der Waals surface area contributed by atoms with Crippen molar-refractivity contribution in [3.63, 3.8) is 0 Å². The highest BCUT2D eigenvalue weighted by Crippen LogP contribution is 2.27. The van der Waals surface area contributed by atoms with E-state index < -0.39 is 10.0 Å². The molecule has 1 N–H and O–H groups in total. The van der Waals surface area contributed by atoms with Crippen LogP contribution in [-0.2, 0) is 16.6 Å². The summed E-state index contributed by atoms with van der Waals surface area (Å²) in [5.74, 6) is 0. The predicted molar refractivity (Wildman–Crippen MR) is 100 cm³/mol. The maximum Gasteiger partial charge on any atom is 0.263 e. The van der Waals surface area contributed by atoms with Crippen LogP contribution >= 0.6 is 34.8 Å². The molecule has 1 heterocycles. The van der Waals surface area contributed by atoms with Gasteiger partial charge >= 0.3 is 0 Å². The van der Waals surface area contributed by atoms with Crippen molar-refractivity contribution in [2.45, 2.75) is 11.4 Å². The van der Waals surface area contributed by atoms with Crippen molar-refractivity contribution in [1.29, 1.82) is 0 Å². The quantitative estimate of drug-likeness (QED) is 0.656. The van der Waals surface area contributed by atoms with Gasteiger partial charge in [0.2, 0.25) is 0 Å². The zero-order chi connectivity index (χ0) is 18.0. The number of benzene rings is 2. The van der Waals surface area contributed by atoms with E-state index in [-0.39, 0.29) is 14.9 Å². The SMILES string of the molecule is O=S(=O)(Nc1cnn(Cc2ccccc2Cl)c1)c1cc(Cl)ccc1Cl. The first-order valence-corrected chi connectivity index (χ1v) is 9.70. The van der Waals surface area contributed by atoms with Gasteiger partial charge in [0, 0.05) is 16.2 Å². The molecule has 0 radical (unpaired) electrons. The molecule has 0 atom stereocenters. The topological polar surface area (TPSA) is 64.0 Å². The molecular formula is C16H12Cl3N3O2S. The van der Waals surface area contributed by atoms with Crippen molar-refractivity contribution in [2.24, 2.45) is 0 Å². The van der Waals surface area contributed by atoms with Gasteiger partial charge in [-0.3, -0.25) is 9.40 Å². The van der Waals surface area contributed by atoms with Gasteiger partial charge in [0.15, 0.2) is 0 Å². The van der Waals surface area contributed by atoms with E-state index in [1.165, 1.54) is 24.4 Å². The number of aromatic nitrogens is 2. The Kier molecular flexibility index (Phi) is 5.24. The largest absolute Gasteiger partial charge is 0.276 e. The minimum atomic E-state index is -3.88. The van der Waals surface area contributed by atoms with Crippen molar-refractivity contribution in [2.75, 3.05) is 4.72 Å². The summed E-state index contributed by atoms with van der Waals surface area (Å²) in [7, 11) is -3.88. The van der Waals surface area contributed by atoms with Crippen molar-refractivity contribution in [3.05, 3.63) is 75.5 Å². The second-order valence-electron chi connectivity index (χ2n) is 5.20. The van der Waals surface area contributed by atoms with E-state index in [1.54, 1.807) is 16.9 Å². The maximum atomic E-state index is 12.5. The molecule has 25 heavy (non-hydrogen) atoms. The van der Waals surface area contributed by atoms with Gasteiger partial charge in [-0.1, -0.05) is 53.0 Å². The van der Waals surface area contributed by atoms with E-state index in [2.05, 4.69) is 9.82 Å². The number of hydrogen-bond acceptors (Lipinski definition) is 3. The van der Waals surface area contributed by atoms with E-state index in [0.29, 0.717) is 17.3 Å². The van der Waals surface area contributed by atoms with E-state index in [1.807, 2.05) is 18.2 Å². The Labute approximate surface area is 160 Å². The van der Waals surface area contributed by atoms with Gasteiger partial charge in [0.05, 0.1) is 23.5 Å². The zero-order valence-electron chi connectivity index (χ0n) is 12.7. The molecular weight excluding hydrogens is 405 g/mol. The van der Waals surface area contributed by atoms with Crippen LogP contribution in [0.3, 0.4) is 0 Å². The second-order valence-corrected chi connectivity index (χ2v) is 8.10. The van der Waals surface area contributed by atoms with Crippen LogP contribution in [0.1, 0.15) is 5.56 Å². The fourth-order valence-electron chi connectivity index (χ4n) is 2.20. The van der Waals surface area contributed by atoms with Gasteiger partial charge in [0.1, 0.15) is 4.90 Å². The molecule has 0 unspecified atom stereocenters. The van der Waals surface area contributed by atoms with Crippen LogP contribution in [0.5, 0.6) is 0 Å². The Morgan fingerprint density at radius 2 is 1.80 bits per heavy atom. The average Bonchev–Trinajstić information content (AvgIpc) is 2.98. The standard InChI is InChI=1S/C16H12Cl3N3O2S/c17-12-5-6-15(19)16(7-12)25(23,24)21-13-8-20-22(10-13)9-11-3-1-2-4-14(11)18/h1-8,10,21H,9H2. The van der Waals surface area contributed by atoms with E-state index >= 15 is 0 Å². The Balaban J connectivity index is 1.81. The van der Waals surface area contributed by atoms with Crippen LogP contribution in [0.2, 0.25) is 15.1 Å². The molecule has 5 nitrogen and oxygen atoms in total. The number of sulfonamides is 1. The van der Waals surface area contributed by atoms with Crippen LogP contribution in [0.25, 0.3) is 0 Å². The number of hydrogen-bond donors (Lipinski definition) is 1. The summed E-state index contributed by atoms with van der Waals surface area (Å²) in [6.07, 6.45) is 2.98. The first-order valence-electron chi connectivity index (χ1n) is 7.09. The molecule has 0 aliphatic heterocycles. The zero-order valence-corrected chi connectivity index (χ0v) is 15.7. The number of rotatable bonds is 5. The van der Waals surface area contributed by atoms with Gasteiger partial charge < -0.3 is 0 Å². The van der Waals surface area contributed by atoms with Crippen molar-refractivity contribution >= 4 is 50.5 Å². The minimum Gasteiger partial charge on any atom is -0.276 e. The molecule has 0 amide bonds. The van der Waals surface area contributed by atoms with Crippen LogP contribution in [0, 0.1) is 0 Å². The van der Waals surface area contributed by atoms with Crippen LogP contribution in [-0.4, -0.2) is 18.2 Å². The molecule has 3 rings (SSSR count). The van der Waals surface area contributed by atoms with Crippen molar-refractivity contribution < 1.29 is 8.42 Å². The molecule has 9 heteroatoms. The fraction of sp³-hybridized carbons (Fsp3) is 0.0625. The lowest BCUT2D eigenvalue weighted by atomic mass is 10.2. The lowest BCUT2D eigenvalue weighted by Gasteiger charge is -2.08. The second kappa shape index (κ2) is 7.25. The summed E-state index contributed by atoms with van der Waals surface area (Å²) in [6.45, 7) is 0.416. The maximum absolute atomic E-state index is 12.5. The molecule has 0 bridgehead atoms. The Bertz CT molecular complexity index is 1020. The molecule has 1 aromatic heterocycles. The lowest BCUT2D eigenvalue weighted by Crippen LogP contribution is -2.13. The average molecular weight is 417 g/mol. The summed E-state index contributed by atoms with van der Waals surface area (Å²) < 4.78 is 29.0. The third kappa shape index (κ3) is 4.27. The third-order valence-electron chi connectivity index (χ3n) is 3.36. The van der Waals surface area contributed by atoms with Crippen molar-refractivity contribution in [3.8, 4) is 0 Å². The van der Waals surface area contributed by atoms with E-state index in [9.17, 15) is 8.42 Å². The normalized spacial score (nSPS) is 11.5. The number of anilines is 1. The Morgan fingerprint density at radius 1 is 1.04 bits per heavy atom. The fourth-order valence-corrected chi connectivity index (χ4v) is 4.18. The smallest absolute Gasteiger partial charge is 0.263 e. The van der Waals surface area contributed by atoms with Gasteiger partial charge in [-0.05, 0) is 29.8 Å². The Hall–Kier alpha value is -1.73. The molecule has 0 aliphatic carbocycles. The summed E-state index contributed by atoms with van der Waals surface area (Å²) >= 11 is 17.9. The lowest BCUT2D eigenvalue weighted by molar-refractivity contribution is 0.601. The molecule has 130 valence electrons. The van der Waals surface area contributed by atoms with Gasteiger partial charge in [-0.2, -0.15) is 5.10 Å². The minimum absolute atomic E-state index is 0.0837. The molecule has 0 spiro atoms. The highest BCUT2D eigenvalue weighted by Gasteiger charge is 2.19. The monoisotopic (exact) mass is 415 g/mol. The summed E-state index contributed by atoms with van der Waals surface area (Å²) in [5.41, 5.74) is 1.18. The first-order chi connectivity index (χ1) is 11.8. The third-order valence-corrected chi connectivity index (χ3v) is 5.83. The summed E-state index contributed by atoms with van der Waals surface area (Å²) in [6, 6.07) is 11.6.